The summed E-state index contributed by atoms with van der Waals surface area (Å²) in [5.74, 6) is 0.566. The van der Waals surface area contributed by atoms with Gasteiger partial charge in [-0.15, -0.1) is 0 Å². The molecule has 1 saturated heterocycles. The van der Waals surface area contributed by atoms with Gasteiger partial charge in [0.25, 0.3) is 0 Å². The van der Waals surface area contributed by atoms with Crippen LogP contribution in [0.4, 0.5) is 0 Å². The van der Waals surface area contributed by atoms with E-state index in [1.807, 2.05) is 4.90 Å². The molecule has 3 heteroatoms. The van der Waals surface area contributed by atoms with Crippen molar-refractivity contribution in [1.29, 1.82) is 0 Å². The highest BCUT2D eigenvalue weighted by molar-refractivity contribution is 5.73. The van der Waals surface area contributed by atoms with Crippen LogP contribution in [-0.4, -0.2) is 48.4 Å². The van der Waals surface area contributed by atoms with E-state index in [1.54, 1.807) is 6.92 Å². The summed E-state index contributed by atoms with van der Waals surface area (Å²) in [6.45, 7) is 6.40. The summed E-state index contributed by atoms with van der Waals surface area (Å²) < 4.78 is 0. The average Bonchev–Trinajstić information content (AvgIpc) is 2.87. The van der Waals surface area contributed by atoms with E-state index in [4.69, 9.17) is 0 Å². The zero-order valence-corrected chi connectivity index (χ0v) is 14.4. The summed E-state index contributed by atoms with van der Waals surface area (Å²) in [5.41, 5.74) is 2.72. The third-order valence-electron chi connectivity index (χ3n) is 4.88. The maximum Gasteiger partial charge on any atom is 0.219 e. The van der Waals surface area contributed by atoms with Gasteiger partial charge in [-0.3, -0.25) is 4.79 Å². The highest BCUT2D eigenvalue weighted by Crippen LogP contribution is 2.26. The molecule has 0 bridgehead atoms. The van der Waals surface area contributed by atoms with Crippen molar-refractivity contribution in [3.63, 3.8) is 0 Å². The van der Waals surface area contributed by atoms with Crippen LogP contribution in [-0.2, 0) is 4.79 Å². The van der Waals surface area contributed by atoms with Crippen LogP contribution in [0.5, 0.6) is 0 Å². The molecule has 0 aromatic heterocycles. The maximum atomic E-state index is 11.6. The van der Waals surface area contributed by atoms with Crippen molar-refractivity contribution in [2.24, 2.45) is 0 Å². The lowest BCUT2D eigenvalue weighted by molar-refractivity contribution is -0.128. The van der Waals surface area contributed by atoms with Crippen LogP contribution in [0.3, 0.4) is 0 Å². The van der Waals surface area contributed by atoms with Crippen molar-refractivity contribution < 1.29 is 4.79 Å². The Morgan fingerprint density at radius 2 is 1.46 bits per heavy atom. The number of hydrogen-bond donors (Lipinski definition) is 0. The quantitative estimate of drug-likeness (QED) is 0.861. The van der Waals surface area contributed by atoms with Crippen molar-refractivity contribution in [2.45, 2.75) is 19.3 Å². The van der Waals surface area contributed by atoms with E-state index in [2.05, 4.69) is 65.6 Å². The minimum absolute atomic E-state index is 0.194. The standard InChI is InChI=1S/C21H26N2O/c1-18(24)23-14-8-13-22(15-16-23)17-21(19-9-4-2-5-10-19)20-11-6-3-7-12-20/h2-7,9-12,21H,8,13-17H2,1H3. The lowest BCUT2D eigenvalue weighted by Crippen LogP contribution is -2.35. The smallest absolute Gasteiger partial charge is 0.219 e. The van der Waals surface area contributed by atoms with Gasteiger partial charge in [0, 0.05) is 39.0 Å². The fraction of sp³-hybridized carbons (Fsp3) is 0.381. The van der Waals surface area contributed by atoms with Crippen molar-refractivity contribution >= 4 is 5.91 Å². The minimum atomic E-state index is 0.194. The third-order valence-corrected chi connectivity index (χ3v) is 4.88. The molecule has 0 N–H and O–H groups in total. The Morgan fingerprint density at radius 3 is 2.00 bits per heavy atom. The minimum Gasteiger partial charge on any atom is -0.342 e. The van der Waals surface area contributed by atoms with Crippen molar-refractivity contribution in [1.82, 2.24) is 9.80 Å². The number of benzene rings is 2. The number of rotatable bonds is 4. The Hall–Kier alpha value is -2.13. The first kappa shape index (κ1) is 16.7. The van der Waals surface area contributed by atoms with Gasteiger partial charge in [0.2, 0.25) is 5.91 Å². The van der Waals surface area contributed by atoms with E-state index in [0.29, 0.717) is 5.92 Å². The van der Waals surface area contributed by atoms with Gasteiger partial charge in [-0.05, 0) is 24.1 Å². The summed E-state index contributed by atoms with van der Waals surface area (Å²) in [6.07, 6.45) is 1.05. The first-order valence-electron chi connectivity index (χ1n) is 8.82. The second kappa shape index (κ2) is 8.11. The second-order valence-corrected chi connectivity index (χ2v) is 6.53. The van der Waals surface area contributed by atoms with E-state index in [-0.39, 0.29) is 5.91 Å². The molecule has 0 radical (unpaired) electrons. The summed E-state index contributed by atoms with van der Waals surface area (Å²) in [7, 11) is 0. The van der Waals surface area contributed by atoms with Gasteiger partial charge in [-0.25, -0.2) is 0 Å². The predicted octanol–water partition coefficient (Wildman–Crippen LogP) is 3.37. The van der Waals surface area contributed by atoms with Gasteiger partial charge < -0.3 is 9.80 Å². The Bertz CT molecular complexity index is 602. The highest BCUT2D eigenvalue weighted by atomic mass is 16.2. The van der Waals surface area contributed by atoms with Gasteiger partial charge in [-0.2, -0.15) is 0 Å². The lowest BCUT2D eigenvalue weighted by Gasteiger charge is -2.27. The molecular formula is C21H26N2O. The summed E-state index contributed by atoms with van der Waals surface area (Å²) in [4.78, 5) is 16.1. The van der Waals surface area contributed by atoms with Crippen LogP contribution in [0.2, 0.25) is 0 Å². The van der Waals surface area contributed by atoms with Crippen LogP contribution in [0.1, 0.15) is 30.4 Å². The molecule has 2 aromatic carbocycles. The summed E-state index contributed by atoms with van der Waals surface area (Å²) in [5, 5.41) is 0. The third kappa shape index (κ3) is 4.24. The molecule has 1 amide bonds. The zero-order valence-electron chi connectivity index (χ0n) is 14.4. The molecule has 1 heterocycles. The molecule has 1 aliphatic rings. The summed E-state index contributed by atoms with van der Waals surface area (Å²) in [6, 6.07) is 21.5. The lowest BCUT2D eigenvalue weighted by atomic mass is 9.91. The maximum absolute atomic E-state index is 11.6. The molecule has 0 unspecified atom stereocenters. The Kier molecular flexibility index (Phi) is 5.65. The molecule has 0 atom stereocenters. The molecule has 24 heavy (non-hydrogen) atoms. The Labute approximate surface area is 144 Å². The van der Waals surface area contributed by atoms with Gasteiger partial charge in [0.05, 0.1) is 0 Å². The molecule has 3 rings (SSSR count). The van der Waals surface area contributed by atoms with E-state index >= 15 is 0 Å². The first-order valence-corrected chi connectivity index (χ1v) is 8.82. The zero-order chi connectivity index (χ0) is 16.8. The molecule has 1 aliphatic heterocycles. The monoisotopic (exact) mass is 322 g/mol. The van der Waals surface area contributed by atoms with Gasteiger partial charge in [-0.1, -0.05) is 60.7 Å². The molecular weight excluding hydrogens is 296 g/mol. The number of nitrogens with zero attached hydrogens (tertiary/aromatic N) is 2. The fourth-order valence-electron chi connectivity index (χ4n) is 3.50. The fourth-order valence-corrected chi connectivity index (χ4v) is 3.50. The molecule has 1 fully saturated rings. The Morgan fingerprint density at radius 1 is 0.875 bits per heavy atom. The van der Waals surface area contributed by atoms with E-state index < -0.39 is 0 Å². The second-order valence-electron chi connectivity index (χ2n) is 6.53. The molecule has 2 aromatic rings. The topological polar surface area (TPSA) is 23.6 Å². The average molecular weight is 322 g/mol. The number of hydrogen-bond acceptors (Lipinski definition) is 2. The first-order chi connectivity index (χ1) is 11.7. The molecule has 0 spiro atoms. The van der Waals surface area contributed by atoms with E-state index in [0.717, 1.165) is 39.1 Å². The highest BCUT2D eigenvalue weighted by Gasteiger charge is 2.21. The van der Waals surface area contributed by atoms with Crippen molar-refractivity contribution in [3.8, 4) is 0 Å². The van der Waals surface area contributed by atoms with Crippen LogP contribution in [0, 0.1) is 0 Å². The van der Waals surface area contributed by atoms with Crippen molar-refractivity contribution in [2.75, 3.05) is 32.7 Å². The SMILES string of the molecule is CC(=O)N1CCCN(CC(c2ccccc2)c2ccccc2)CC1. The Balaban J connectivity index is 1.76. The van der Waals surface area contributed by atoms with Gasteiger partial charge in [0.15, 0.2) is 0 Å². The van der Waals surface area contributed by atoms with Gasteiger partial charge >= 0.3 is 0 Å². The summed E-state index contributed by atoms with van der Waals surface area (Å²) >= 11 is 0. The number of carbonyl (C=O) groups is 1. The molecule has 126 valence electrons. The number of amides is 1. The largest absolute Gasteiger partial charge is 0.342 e. The normalized spacial score (nSPS) is 16.2. The van der Waals surface area contributed by atoms with E-state index in [1.165, 1.54) is 11.1 Å². The van der Waals surface area contributed by atoms with Crippen LogP contribution in [0.15, 0.2) is 60.7 Å². The molecule has 0 saturated carbocycles. The van der Waals surface area contributed by atoms with Crippen molar-refractivity contribution in [3.05, 3.63) is 71.8 Å². The molecule has 0 aliphatic carbocycles. The number of carbonyl (C=O) groups excluding carboxylic acids is 1. The van der Waals surface area contributed by atoms with E-state index in [9.17, 15) is 4.79 Å². The van der Waals surface area contributed by atoms with Crippen LogP contribution in [0.25, 0.3) is 0 Å². The van der Waals surface area contributed by atoms with Crippen LogP contribution < -0.4 is 0 Å². The predicted molar refractivity (Wildman–Crippen MR) is 98.0 cm³/mol. The van der Waals surface area contributed by atoms with Crippen LogP contribution >= 0.6 is 0 Å². The van der Waals surface area contributed by atoms with Gasteiger partial charge in [0.1, 0.15) is 0 Å². The molecule has 3 nitrogen and oxygen atoms in total.